The largest absolute Gasteiger partial charge is 0.435 e. The van der Waals surface area contributed by atoms with Crippen LogP contribution in [0.15, 0.2) is 47.4 Å². The second-order valence-corrected chi connectivity index (χ2v) is 14.4. The van der Waals surface area contributed by atoms with Gasteiger partial charge in [0.05, 0.1) is 10.5 Å². The molecule has 3 atom stereocenters. The van der Waals surface area contributed by atoms with Gasteiger partial charge in [-0.15, -0.1) is 9.24 Å². The van der Waals surface area contributed by atoms with Crippen molar-refractivity contribution in [1.29, 1.82) is 0 Å². The molecule has 13 heteroatoms. The van der Waals surface area contributed by atoms with Crippen LogP contribution in [0.4, 0.5) is 30.7 Å². The molecule has 1 aliphatic rings. The van der Waals surface area contributed by atoms with Crippen LogP contribution in [0.1, 0.15) is 83.4 Å². The number of benzene rings is 2. The maximum atomic E-state index is 14.7. The van der Waals surface area contributed by atoms with Crippen LogP contribution < -0.4 is 5.30 Å². The molecule has 2 aromatic carbocycles. The van der Waals surface area contributed by atoms with E-state index >= 15 is 0 Å². The lowest BCUT2D eigenvalue weighted by Gasteiger charge is -2.45. The number of sulfone groups is 1. The van der Waals surface area contributed by atoms with Crippen molar-refractivity contribution < 1.29 is 49.1 Å². The summed E-state index contributed by atoms with van der Waals surface area (Å²) in [4.78, 5) is 10.3. The summed E-state index contributed by atoms with van der Waals surface area (Å²) in [7, 11) is -1.69. The maximum absolute atomic E-state index is 14.7. The van der Waals surface area contributed by atoms with Crippen molar-refractivity contribution in [2.24, 2.45) is 5.92 Å². The number of Topliss-reactive ketones (excluding diaryl/α,β-unsaturated/α-hetero) is 1. The van der Waals surface area contributed by atoms with E-state index in [1.807, 2.05) is 6.92 Å². The topological polar surface area (TPSA) is 71.4 Å². The molecule has 0 aliphatic heterocycles. The number of carbonyl (C=O) groups excluding carboxylic acids is 1. The smallest absolute Gasteiger partial charge is 0.390 e. The average molecular weight is 659 g/mol. The Kier molecular flexibility index (Phi) is 11.3. The van der Waals surface area contributed by atoms with Crippen molar-refractivity contribution in [1.82, 2.24) is 0 Å². The quantitative estimate of drug-likeness (QED) is 0.234. The fraction of sp³-hybridized carbons (Fsp3) is 0.567. The van der Waals surface area contributed by atoms with Crippen molar-refractivity contribution in [3.05, 3.63) is 59.2 Å². The van der Waals surface area contributed by atoms with Crippen molar-refractivity contribution in [2.45, 2.75) is 106 Å². The first kappa shape index (κ1) is 37.1. The van der Waals surface area contributed by atoms with Crippen LogP contribution in [0, 0.1) is 5.92 Å². The first-order valence-corrected chi connectivity index (χ1v) is 15.8. The molecule has 0 saturated carbocycles. The lowest BCUT2D eigenvalue weighted by Crippen LogP contribution is -2.51. The van der Waals surface area contributed by atoms with Crippen LogP contribution >= 0.6 is 9.24 Å². The summed E-state index contributed by atoms with van der Waals surface area (Å²) < 4.78 is 121. The van der Waals surface area contributed by atoms with E-state index in [4.69, 9.17) is 5.11 Å². The molecule has 0 heterocycles. The Morgan fingerprint density at radius 2 is 1.51 bits per heavy atom. The molecule has 3 unspecified atom stereocenters. The summed E-state index contributed by atoms with van der Waals surface area (Å²) >= 11 is 0. The summed E-state index contributed by atoms with van der Waals surface area (Å²) in [6.07, 6.45) is -10.8. The van der Waals surface area contributed by atoms with Crippen LogP contribution in [0.25, 0.3) is 0 Å². The van der Waals surface area contributed by atoms with Gasteiger partial charge in [0.2, 0.25) is 0 Å². The number of aliphatic hydroxyl groups is 1. The number of hydrogen-bond donors (Lipinski definition) is 1. The number of aryl methyl sites for hydroxylation is 1. The molecule has 43 heavy (non-hydrogen) atoms. The lowest BCUT2D eigenvalue weighted by molar-refractivity contribution is -0.348. The zero-order valence-electron chi connectivity index (χ0n) is 24.7. The normalized spacial score (nSPS) is 19.7. The third-order valence-corrected chi connectivity index (χ3v) is 10.8. The summed E-state index contributed by atoms with van der Waals surface area (Å²) in [5.74, 6) is -0.394. The summed E-state index contributed by atoms with van der Waals surface area (Å²) in [6, 6.07) is 7.97. The minimum absolute atomic E-state index is 0.00833. The Labute approximate surface area is 250 Å². The van der Waals surface area contributed by atoms with Crippen molar-refractivity contribution in [2.75, 3.05) is 0 Å². The molecule has 0 spiro atoms. The molecule has 0 amide bonds. The highest BCUT2D eigenvalue weighted by molar-refractivity contribution is 7.92. The highest BCUT2D eigenvalue weighted by Gasteiger charge is 2.73. The van der Waals surface area contributed by atoms with E-state index in [0.29, 0.717) is 25.0 Å². The molecule has 0 bridgehead atoms. The second kappa shape index (κ2) is 13.1. The average Bonchev–Trinajstić information content (AvgIpc) is 2.85. The molecule has 0 fully saturated rings. The lowest BCUT2D eigenvalue weighted by atomic mass is 9.70. The van der Waals surface area contributed by atoms with Crippen LogP contribution in [-0.2, 0) is 31.5 Å². The van der Waals surface area contributed by atoms with Gasteiger partial charge in [-0.05, 0) is 80.9 Å². The fourth-order valence-electron chi connectivity index (χ4n) is 5.92. The molecule has 1 aliphatic carbocycles. The first-order chi connectivity index (χ1) is 19.5. The Bertz CT molecular complexity index is 1370. The molecule has 1 N–H and O–H groups in total. The van der Waals surface area contributed by atoms with E-state index in [1.54, 1.807) is 32.9 Å². The van der Waals surface area contributed by atoms with Gasteiger partial charge in [0.1, 0.15) is 10.5 Å². The molecule has 0 aromatic heterocycles. The standard InChI is InChI=1S/C24H26F7O2PS.C6H12O2/c1-3-5-16-7-6-15-14-17(22(25,23(26,27)28)24(29,30)31)8-13-20(15)21(16,4-2)35(32,33)19-11-9-18(34)10-12-19;1-5(7)4-6(2,3)8/h8-14,16H,3-7,34H2,1-2H3;8H,4H2,1-3H3. The zero-order chi connectivity index (χ0) is 33.2. The zero-order valence-corrected chi connectivity index (χ0v) is 26.6. The summed E-state index contributed by atoms with van der Waals surface area (Å²) in [6.45, 7) is 8.22. The van der Waals surface area contributed by atoms with Gasteiger partial charge in [-0.25, -0.2) is 12.8 Å². The number of fused-ring (bicyclic) bond motifs is 1. The number of halogens is 7. The van der Waals surface area contributed by atoms with Crippen molar-refractivity contribution >= 4 is 30.2 Å². The second-order valence-electron chi connectivity index (χ2n) is 11.6. The van der Waals surface area contributed by atoms with E-state index in [1.165, 1.54) is 19.1 Å². The number of carbonyl (C=O) groups is 1. The number of alkyl halides is 7. The molecular weight excluding hydrogens is 620 g/mol. The summed E-state index contributed by atoms with van der Waals surface area (Å²) in [5, 5.41) is 9.71. The van der Waals surface area contributed by atoms with Gasteiger partial charge in [0.15, 0.2) is 9.84 Å². The van der Waals surface area contributed by atoms with Crippen LogP contribution in [0.5, 0.6) is 0 Å². The molecule has 3 rings (SSSR count). The molecule has 4 nitrogen and oxygen atoms in total. The highest BCUT2D eigenvalue weighted by Crippen LogP contribution is 2.56. The van der Waals surface area contributed by atoms with E-state index in [2.05, 4.69) is 9.24 Å². The van der Waals surface area contributed by atoms with E-state index < -0.39 is 49.7 Å². The molecule has 2 aromatic rings. The Morgan fingerprint density at radius 3 is 1.91 bits per heavy atom. The van der Waals surface area contributed by atoms with Gasteiger partial charge in [0.25, 0.3) is 0 Å². The maximum Gasteiger partial charge on any atom is 0.435 e. The first-order valence-electron chi connectivity index (χ1n) is 13.8. The van der Waals surface area contributed by atoms with E-state index in [0.717, 1.165) is 11.4 Å². The van der Waals surface area contributed by atoms with Crippen molar-refractivity contribution in [3.8, 4) is 0 Å². The van der Waals surface area contributed by atoms with Crippen LogP contribution in [-0.4, -0.2) is 37.3 Å². The minimum Gasteiger partial charge on any atom is -0.390 e. The van der Waals surface area contributed by atoms with Crippen LogP contribution in [0.3, 0.4) is 0 Å². The van der Waals surface area contributed by atoms with Gasteiger partial charge in [-0.3, -0.25) is 4.79 Å². The molecular formula is C30H38F7O4PS. The predicted molar refractivity (Wildman–Crippen MR) is 155 cm³/mol. The minimum atomic E-state index is -6.24. The SMILES string of the molecule is CC(=O)CC(C)(C)O.CCCC1CCc2cc(C(F)(C(F)(F)F)C(F)(F)F)ccc2C1(CC)S(=O)(=O)c1ccc(P)cc1. The number of ketones is 1. The van der Waals surface area contributed by atoms with Gasteiger partial charge < -0.3 is 5.11 Å². The predicted octanol–water partition coefficient (Wildman–Crippen LogP) is 7.65. The van der Waals surface area contributed by atoms with Crippen molar-refractivity contribution in [3.63, 3.8) is 0 Å². The Hall–Kier alpha value is -2.04. The van der Waals surface area contributed by atoms with Gasteiger partial charge >= 0.3 is 18.0 Å². The van der Waals surface area contributed by atoms with Crippen LogP contribution in [0.2, 0.25) is 0 Å². The number of hydrogen-bond acceptors (Lipinski definition) is 4. The molecule has 0 radical (unpaired) electrons. The monoisotopic (exact) mass is 658 g/mol. The Morgan fingerprint density at radius 1 is 0.977 bits per heavy atom. The third kappa shape index (κ3) is 7.44. The number of rotatable bonds is 8. The summed E-state index contributed by atoms with van der Waals surface area (Å²) in [5.41, 5.74) is -7.88. The molecule has 0 saturated heterocycles. The van der Waals surface area contributed by atoms with Gasteiger partial charge in [-0.2, -0.15) is 26.3 Å². The Balaban J connectivity index is 0.000000708. The van der Waals surface area contributed by atoms with E-state index in [-0.39, 0.29) is 47.5 Å². The fourth-order valence-corrected chi connectivity index (χ4v) is 8.57. The van der Waals surface area contributed by atoms with Gasteiger partial charge in [0, 0.05) is 12.0 Å². The third-order valence-electron chi connectivity index (χ3n) is 7.68. The van der Waals surface area contributed by atoms with E-state index in [9.17, 15) is 43.9 Å². The highest BCUT2D eigenvalue weighted by atomic mass is 32.2. The molecule has 242 valence electrons. The van der Waals surface area contributed by atoms with Gasteiger partial charge in [-0.1, -0.05) is 50.6 Å².